The minimum atomic E-state index is -1.37. The molecule has 1 aliphatic heterocycles. The Morgan fingerprint density at radius 3 is 2.57 bits per heavy atom. The van der Waals surface area contributed by atoms with E-state index in [-0.39, 0.29) is 19.2 Å². The van der Waals surface area contributed by atoms with Crippen LogP contribution in [0.2, 0.25) is 0 Å². The minimum Gasteiger partial charge on any atom is -0.480 e. The number of carboxylic acids is 1. The minimum absolute atomic E-state index is 0.114. The zero-order valence-electron chi connectivity index (χ0n) is 13.5. The summed E-state index contributed by atoms with van der Waals surface area (Å²) in [5.41, 5.74) is -0.341. The number of carboxylic acid groups (broad SMARTS) is 1. The van der Waals surface area contributed by atoms with E-state index in [4.69, 9.17) is 9.47 Å². The average molecular weight is 319 g/mol. The van der Waals surface area contributed by atoms with E-state index in [9.17, 15) is 14.7 Å². The third kappa shape index (κ3) is 3.37. The molecule has 0 spiro atoms. The van der Waals surface area contributed by atoms with Gasteiger partial charge in [-0.1, -0.05) is 30.3 Å². The fourth-order valence-electron chi connectivity index (χ4n) is 2.26. The molecule has 2 rings (SSSR count). The number of nitrogens with zero attached hydrogens (tertiary/aromatic N) is 1. The van der Waals surface area contributed by atoms with Gasteiger partial charge < -0.3 is 14.6 Å². The maximum absolute atomic E-state index is 12.9. The van der Waals surface area contributed by atoms with Gasteiger partial charge in [-0.2, -0.15) is 0 Å². The number of hydrogen-bond acceptors (Lipinski definition) is 4. The summed E-state index contributed by atoms with van der Waals surface area (Å²) in [5, 5.41) is 9.39. The maximum Gasteiger partial charge on any atom is 0.329 e. The van der Waals surface area contributed by atoms with Crippen LogP contribution < -0.4 is 0 Å². The fraction of sp³-hybridized carbons (Fsp3) is 0.412. The summed E-state index contributed by atoms with van der Waals surface area (Å²) < 4.78 is 11.0. The van der Waals surface area contributed by atoms with Crippen LogP contribution in [0.15, 0.2) is 36.1 Å². The average Bonchev–Trinajstić information content (AvgIpc) is 2.53. The van der Waals surface area contributed by atoms with Gasteiger partial charge in [-0.05, 0) is 26.3 Å². The van der Waals surface area contributed by atoms with Gasteiger partial charge in [0.05, 0.1) is 5.57 Å². The maximum atomic E-state index is 12.9. The van der Waals surface area contributed by atoms with Gasteiger partial charge in [0.15, 0.2) is 6.73 Å². The largest absolute Gasteiger partial charge is 0.480 e. The van der Waals surface area contributed by atoms with Crippen LogP contribution >= 0.6 is 0 Å². The summed E-state index contributed by atoms with van der Waals surface area (Å²) in [5.74, 6) is -1.03. The Balaban J connectivity index is 2.46. The van der Waals surface area contributed by atoms with Gasteiger partial charge in [0.25, 0.3) is 5.91 Å². The number of amides is 1. The molecule has 1 heterocycles. The first-order valence-electron chi connectivity index (χ1n) is 7.44. The Kier molecular flexibility index (Phi) is 5.05. The van der Waals surface area contributed by atoms with E-state index in [1.807, 2.05) is 25.1 Å². The van der Waals surface area contributed by atoms with E-state index in [1.54, 1.807) is 12.1 Å². The third-order valence-corrected chi connectivity index (χ3v) is 3.80. The molecule has 124 valence electrons. The highest BCUT2D eigenvalue weighted by Gasteiger charge is 2.42. The van der Waals surface area contributed by atoms with Crippen LogP contribution in [-0.4, -0.2) is 47.4 Å². The first-order chi connectivity index (χ1) is 10.9. The Morgan fingerprint density at radius 1 is 1.35 bits per heavy atom. The number of hydrogen-bond donors (Lipinski definition) is 1. The van der Waals surface area contributed by atoms with Gasteiger partial charge in [0.1, 0.15) is 17.9 Å². The number of aliphatic carboxylic acids is 1. The van der Waals surface area contributed by atoms with Gasteiger partial charge in [-0.25, -0.2) is 4.79 Å². The summed E-state index contributed by atoms with van der Waals surface area (Å²) in [4.78, 5) is 25.6. The number of ether oxygens (including phenoxy) is 2. The van der Waals surface area contributed by atoms with Crippen LogP contribution in [-0.2, 0) is 19.1 Å². The van der Waals surface area contributed by atoms with Crippen LogP contribution in [0, 0.1) is 0 Å². The summed E-state index contributed by atoms with van der Waals surface area (Å²) in [6.07, 6.45) is 0. The van der Waals surface area contributed by atoms with Gasteiger partial charge in [-0.3, -0.25) is 9.69 Å². The molecular formula is C17H21NO5. The summed E-state index contributed by atoms with van der Waals surface area (Å²) in [6, 6.07) is 9.06. The lowest BCUT2D eigenvalue weighted by molar-refractivity contribution is -0.161. The monoisotopic (exact) mass is 319 g/mol. The van der Waals surface area contributed by atoms with Gasteiger partial charge in [0.2, 0.25) is 0 Å². The second-order valence-corrected chi connectivity index (χ2v) is 5.67. The molecule has 1 aliphatic rings. The second-order valence-electron chi connectivity index (χ2n) is 5.67. The molecule has 0 fully saturated rings. The SMILES string of the molecule is CCOCC1=C(c2ccccc2)C(=O)N(C(C)(C)C(=O)O)CO1. The summed E-state index contributed by atoms with van der Waals surface area (Å²) in [7, 11) is 0. The summed E-state index contributed by atoms with van der Waals surface area (Å²) in [6.45, 7) is 5.37. The van der Waals surface area contributed by atoms with Crippen molar-refractivity contribution >= 4 is 17.4 Å². The molecule has 0 radical (unpaired) electrons. The van der Waals surface area contributed by atoms with Crippen molar-refractivity contribution in [3.8, 4) is 0 Å². The van der Waals surface area contributed by atoms with Gasteiger partial charge in [-0.15, -0.1) is 0 Å². The Morgan fingerprint density at radius 2 is 2.00 bits per heavy atom. The lowest BCUT2D eigenvalue weighted by Gasteiger charge is -2.39. The van der Waals surface area contributed by atoms with Crippen molar-refractivity contribution in [3.05, 3.63) is 41.7 Å². The number of carbonyl (C=O) groups excluding carboxylic acids is 1. The molecule has 1 aromatic rings. The van der Waals surface area contributed by atoms with Crippen molar-refractivity contribution in [2.75, 3.05) is 19.9 Å². The molecule has 0 unspecified atom stereocenters. The van der Waals surface area contributed by atoms with Crippen molar-refractivity contribution < 1.29 is 24.2 Å². The van der Waals surface area contributed by atoms with E-state index in [0.717, 1.165) is 0 Å². The predicted octanol–water partition coefficient (Wildman–Crippen LogP) is 2.11. The molecule has 1 N–H and O–H groups in total. The van der Waals surface area contributed by atoms with Crippen LogP contribution in [0.4, 0.5) is 0 Å². The number of carbonyl (C=O) groups is 2. The highest BCUT2D eigenvalue weighted by atomic mass is 16.5. The number of rotatable bonds is 6. The normalized spacial score (nSPS) is 15.6. The zero-order chi connectivity index (χ0) is 17.0. The van der Waals surface area contributed by atoms with Crippen molar-refractivity contribution in [2.45, 2.75) is 26.3 Å². The first-order valence-corrected chi connectivity index (χ1v) is 7.44. The van der Waals surface area contributed by atoms with Crippen molar-refractivity contribution in [2.24, 2.45) is 0 Å². The first kappa shape index (κ1) is 17.0. The quantitative estimate of drug-likeness (QED) is 0.869. The van der Waals surface area contributed by atoms with Crippen LogP contribution in [0.3, 0.4) is 0 Å². The Hall–Kier alpha value is -2.34. The second kappa shape index (κ2) is 6.83. The predicted molar refractivity (Wildman–Crippen MR) is 84.4 cm³/mol. The molecule has 0 saturated heterocycles. The van der Waals surface area contributed by atoms with Crippen molar-refractivity contribution in [1.82, 2.24) is 4.90 Å². The fourth-order valence-corrected chi connectivity index (χ4v) is 2.26. The highest BCUT2D eigenvalue weighted by Crippen LogP contribution is 2.30. The number of benzene rings is 1. The molecule has 1 aromatic carbocycles. The Labute approximate surface area is 135 Å². The summed E-state index contributed by atoms with van der Waals surface area (Å²) >= 11 is 0. The smallest absolute Gasteiger partial charge is 0.329 e. The molecule has 0 aromatic heterocycles. The van der Waals surface area contributed by atoms with E-state index < -0.39 is 11.5 Å². The van der Waals surface area contributed by atoms with E-state index in [2.05, 4.69) is 0 Å². The standard InChI is InChI=1S/C17H21NO5/c1-4-22-10-13-14(12-8-6-5-7-9-12)15(19)18(11-23-13)17(2,3)16(20)21/h5-9H,4,10-11H2,1-3H3,(H,20,21). The van der Waals surface area contributed by atoms with Crippen LogP contribution in [0.1, 0.15) is 26.3 Å². The lowest BCUT2D eigenvalue weighted by atomic mass is 9.97. The van der Waals surface area contributed by atoms with Gasteiger partial charge in [0, 0.05) is 6.61 Å². The Bertz CT molecular complexity index is 621. The topological polar surface area (TPSA) is 76.1 Å². The molecule has 6 nitrogen and oxygen atoms in total. The van der Waals surface area contributed by atoms with Crippen molar-refractivity contribution in [1.29, 1.82) is 0 Å². The zero-order valence-corrected chi connectivity index (χ0v) is 13.5. The molecule has 0 aliphatic carbocycles. The molecule has 1 amide bonds. The highest BCUT2D eigenvalue weighted by molar-refractivity contribution is 6.21. The molecule has 0 saturated carbocycles. The molecule has 6 heteroatoms. The molecule has 23 heavy (non-hydrogen) atoms. The van der Waals surface area contributed by atoms with E-state index in [0.29, 0.717) is 23.5 Å². The molecule has 0 atom stereocenters. The third-order valence-electron chi connectivity index (χ3n) is 3.80. The van der Waals surface area contributed by atoms with Crippen LogP contribution in [0.5, 0.6) is 0 Å². The van der Waals surface area contributed by atoms with Crippen LogP contribution in [0.25, 0.3) is 5.57 Å². The van der Waals surface area contributed by atoms with E-state index >= 15 is 0 Å². The van der Waals surface area contributed by atoms with Crippen molar-refractivity contribution in [3.63, 3.8) is 0 Å². The van der Waals surface area contributed by atoms with E-state index in [1.165, 1.54) is 18.7 Å². The molecule has 0 bridgehead atoms. The lowest BCUT2D eigenvalue weighted by Crippen LogP contribution is -2.55. The molecular weight excluding hydrogens is 298 g/mol. The van der Waals surface area contributed by atoms with Gasteiger partial charge >= 0.3 is 5.97 Å².